The Labute approximate surface area is 129 Å². The monoisotopic (exact) mass is 311 g/mol. The summed E-state index contributed by atoms with van der Waals surface area (Å²) in [7, 11) is -1.02. The van der Waals surface area contributed by atoms with Crippen LogP contribution in [0.15, 0.2) is 53.8 Å². The minimum Gasteiger partial charge on any atom is -0.366 e. The SMILES string of the molecule is CS(=O)c1ccc(-c2cncc3ncc(C(N)=O)cc23)cc1. The third-order valence-electron chi connectivity index (χ3n) is 3.39. The van der Waals surface area contributed by atoms with Gasteiger partial charge in [-0.2, -0.15) is 0 Å². The molecule has 0 radical (unpaired) electrons. The average molecular weight is 311 g/mol. The Hall–Kier alpha value is -2.60. The van der Waals surface area contributed by atoms with E-state index < -0.39 is 16.7 Å². The van der Waals surface area contributed by atoms with Gasteiger partial charge in [-0.15, -0.1) is 0 Å². The Balaban J connectivity index is 2.19. The van der Waals surface area contributed by atoms with Crippen LogP contribution in [0.5, 0.6) is 0 Å². The molecule has 1 atom stereocenters. The summed E-state index contributed by atoms with van der Waals surface area (Å²) in [6, 6.07) is 9.10. The molecule has 0 fully saturated rings. The van der Waals surface area contributed by atoms with Crippen molar-refractivity contribution in [1.29, 1.82) is 0 Å². The molecule has 3 aromatic rings. The van der Waals surface area contributed by atoms with E-state index in [9.17, 15) is 9.00 Å². The van der Waals surface area contributed by atoms with Crippen LogP contribution in [-0.4, -0.2) is 26.3 Å². The van der Waals surface area contributed by atoms with Crippen molar-refractivity contribution >= 4 is 27.6 Å². The van der Waals surface area contributed by atoms with E-state index in [4.69, 9.17) is 5.73 Å². The lowest BCUT2D eigenvalue weighted by Gasteiger charge is -2.07. The first-order valence-corrected chi connectivity index (χ1v) is 8.09. The number of hydrogen-bond acceptors (Lipinski definition) is 4. The number of hydrogen-bond donors (Lipinski definition) is 1. The van der Waals surface area contributed by atoms with Gasteiger partial charge in [-0.05, 0) is 23.8 Å². The summed E-state index contributed by atoms with van der Waals surface area (Å²) in [5.74, 6) is -0.520. The zero-order chi connectivity index (χ0) is 15.7. The maximum atomic E-state index is 11.5. The van der Waals surface area contributed by atoms with E-state index in [0.717, 1.165) is 21.4 Å². The van der Waals surface area contributed by atoms with Crippen molar-refractivity contribution in [2.24, 2.45) is 5.73 Å². The van der Waals surface area contributed by atoms with Gasteiger partial charge in [0.2, 0.25) is 5.91 Å². The first-order chi connectivity index (χ1) is 10.6. The number of carbonyl (C=O) groups is 1. The van der Waals surface area contributed by atoms with Crippen LogP contribution in [0.1, 0.15) is 10.4 Å². The third kappa shape index (κ3) is 2.60. The van der Waals surface area contributed by atoms with Gasteiger partial charge in [-0.3, -0.25) is 19.0 Å². The van der Waals surface area contributed by atoms with Crippen molar-refractivity contribution in [3.8, 4) is 11.1 Å². The Kier molecular flexibility index (Phi) is 3.68. The highest BCUT2D eigenvalue weighted by Crippen LogP contribution is 2.27. The lowest BCUT2D eigenvalue weighted by molar-refractivity contribution is 0.1000. The normalized spacial score (nSPS) is 12.2. The predicted octanol–water partition coefficient (Wildman–Crippen LogP) is 2.13. The van der Waals surface area contributed by atoms with Gasteiger partial charge in [-0.1, -0.05) is 12.1 Å². The van der Waals surface area contributed by atoms with Gasteiger partial charge in [0, 0.05) is 45.3 Å². The van der Waals surface area contributed by atoms with Crippen LogP contribution in [0.2, 0.25) is 0 Å². The molecule has 0 aliphatic rings. The lowest BCUT2D eigenvalue weighted by atomic mass is 10.0. The number of fused-ring (bicyclic) bond motifs is 1. The highest BCUT2D eigenvalue weighted by Gasteiger charge is 2.09. The van der Waals surface area contributed by atoms with Crippen LogP contribution in [0.25, 0.3) is 22.0 Å². The second kappa shape index (κ2) is 5.65. The van der Waals surface area contributed by atoms with Crippen LogP contribution < -0.4 is 5.73 Å². The van der Waals surface area contributed by atoms with Gasteiger partial charge >= 0.3 is 0 Å². The number of amides is 1. The highest BCUT2D eigenvalue weighted by molar-refractivity contribution is 7.84. The zero-order valence-corrected chi connectivity index (χ0v) is 12.6. The lowest BCUT2D eigenvalue weighted by Crippen LogP contribution is -2.11. The van der Waals surface area contributed by atoms with Crippen LogP contribution in [0.3, 0.4) is 0 Å². The van der Waals surface area contributed by atoms with Crippen LogP contribution in [-0.2, 0) is 10.8 Å². The van der Waals surface area contributed by atoms with E-state index in [1.807, 2.05) is 24.3 Å². The second-order valence-corrected chi connectivity index (χ2v) is 6.20. The fourth-order valence-corrected chi connectivity index (χ4v) is 2.76. The van der Waals surface area contributed by atoms with Gasteiger partial charge in [0.05, 0.1) is 17.3 Å². The standard InChI is InChI=1S/C16H13N3O2S/c1-22(21)12-4-2-10(3-5-12)14-8-18-9-15-13(14)6-11(7-19-15)16(17)20/h2-9H,1H3,(H2,17,20). The fraction of sp³-hybridized carbons (Fsp3) is 0.0625. The molecule has 0 bridgehead atoms. The number of pyridine rings is 2. The molecule has 2 N–H and O–H groups in total. The number of nitrogens with two attached hydrogens (primary N) is 1. The van der Waals surface area contributed by atoms with Crippen molar-refractivity contribution < 1.29 is 9.00 Å². The van der Waals surface area contributed by atoms with Gasteiger partial charge in [0.1, 0.15) is 0 Å². The molecule has 0 spiro atoms. The summed E-state index contributed by atoms with van der Waals surface area (Å²) in [4.78, 5) is 20.5. The summed E-state index contributed by atoms with van der Waals surface area (Å²) in [6.07, 6.45) is 6.43. The van der Waals surface area contributed by atoms with Crippen LogP contribution in [0, 0.1) is 0 Å². The first kappa shape index (κ1) is 14.3. The molecule has 1 aromatic carbocycles. The molecular formula is C16H13N3O2S. The molecule has 2 aromatic heterocycles. The number of rotatable bonds is 3. The van der Waals surface area contributed by atoms with Crippen LogP contribution in [0.4, 0.5) is 0 Å². The molecule has 0 saturated heterocycles. The van der Waals surface area contributed by atoms with Crippen molar-refractivity contribution in [3.63, 3.8) is 0 Å². The summed E-state index contributed by atoms with van der Waals surface area (Å²) in [6.45, 7) is 0. The smallest absolute Gasteiger partial charge is 0.250 e. The summed E-state index contributed by atoms with van der Waals surface area (Å²) >= 11 is 0. The summed E-state index contributed by atoms with van der Waals surface area (Å²) in [5, 5.41) is 0.802. The van der Waals surface area contributed by atoms with Gasteiger partial charge < -0.3 is 5.73 Å². The molecule has 5 nitrogen and oxygen atoms in total. The van der Waals surface area contributed by atoms with E-state index >= 15 is 0 Å². The maximum Gasteiger partial charge on any atom is 0.250 e. The van der Waals surface area contributed by atoms with Gasteiger partial charge in [0.25, 0.3) is 0 Å². The third-order valence-corrected chi connectivity index (χ3v) is 4.33. The van der Waals surface area contributed by atoms with E-state index in [1.54, 1.807) is 24.7 Å². The number of carbonyl (C=O) groups excluding carboxylic acids is 1. The Morgan fingerprint density at radius 1 is 1.14 bits per heavy atom. The number of benzene rings is 1. The number of primary amides is 1. The minimum atomic E-state index is -1.02. The van der Waals surface area contributed by atoms with Crippen molar-refractivity contribution in [2.45, 2.75) is 4.90 Å². The molecule has 2 heterocycles. The number of nitrogens with zero attached hydrogens (tertiary/aromatic N) is 2. The molecular weight excluding hydrogens is 298 g/mol. The van der Waals surface area contributed by atoms with Crippen molar-refractivity contribution in [2.75, 3.05) is 6.26 Å². The molecule has 3 rings (SSSR count). The predicted molar refractivity (Wildman–Crippen MR) is 85.8 cm³/mol. The molecule has 110 valence electrons. The Morgan fingerprint density at radius 2 is 1.86 bits per heavy atom. The molecule has 1 amide bonds. The molecule has 0 aliphatic carbocycles. The van der Waals surface area contributed by atoms with Crippen molar-refractivity contribution in [3.05, 3.63) is 54.5 Å². The average Bonchev–Trinajstić information content (AvgIpc) is 2.53. The first-order valence-electron chi connectivity index (χ1n) is 6.53. The Morgan fingerprint density at radius 3 is 2.50 bits per heavy atom. The molecule has 0 aliphatic heterocycles. The maximum absolute atomic E-state index is 11.5. The van der Waals surface area contributed by atoms with E-state index in [-0.39, 0.29) is 0 Å². The van der Waals surface area contributed by atoms with Gasteiger partial charge in [0.15, 0.2) is 0 Å². The highest BCUT2D eigenvalue weighted by atomic mass is 32.2. The largest absolute Gasteiger partial charge is 0.366 e. The zero-order valence-electron chi connectivity index (χ0n) is 11.8. The molecule has 6 heteroatoms. The number of aromatic nitrogens is 2. The summed E-state index contributed by atoms with van der Waals surface area (Å²) < 4.78 is 11.5. The topological polar surface area (TPSA) is 85.9 Å². The van der Waals surface area contributed by atoms with Gasteiger partial charge in [-0.25, -0.2) is 0 Å². The van der Waals surface area contributed by atoms with Crippen LogP contribution >= 0.6 is 0 Å². The van der Waals surface area contributed by atoms with E-state index in [0.29, 0.717) is 11.1 Å². The van der Waals surface area contributed by atoms with Crippen molar-refractivity contribution in [1.82, 2.24) is 9.97 Å². The molecule has 1 unspecified atom stereocenters. The molecule has 0 saturated carbocycles. The van der Waals surface area contributed by atoms with E-state index in [2.05, 4.69) is 9.97 Å². The minimum absolute atomic E-state index is 0.353. The quantitative estimate of drug-likeness (QED) is 0.803. The molecule has 22 heavy (non-hydrogen) atoms. The Bertz CT molecular complexity index is 892. The summed E-state index contributed by atoms with van der Waals surface area (Å²) in [5.41, 5.74) is 8.12. The fourth-order valence-electron chi connectivity index (χ4n) is 2.24. The van der Waals surface area contributed by atoms with E-state index in [1.165, 1.54) is 6.20 Å². The second-order valence-electron chi connectivity index (χ2n) is 4.82.